The maximum atomic E-state index is 12.1. The number of fused-ring (bicyclic) bond motifs is 1. The first-order valence-corrected chi connectivity index (χ1v) is 6.80. The van der Waals surface area contributed by atoms with Gasteiger partial charge in [0.25, 0.3) is 0 Å². The first kappa shape index (κ1) is 11.9. The molecule has 0 spiro atoms. The Bertz CT molecular complexity index is 600. The monoisotopic (exact) mass is 251 g/mol. The summed E-state index contributed by atoms with van der Waals surface area (Å²) in [4.78, 5) is 13.5. The van der Waals surface area contributed by atoms with Crippen molar-refractivity contribution < 1.29 is 13.2 Å². The van der Waals surface area contributed by atoms with Crippen LogP contribution in [0.15, 0.2) is 35.4 Å². The van der Waals surface area contributed by atoms with Crippen molar-refractivity contribution in [2.24, 2.45) is 0 Å². The summed E-state index contributed by atoms with van der Waals surface area (Å²) in [6, 6.07) is 6.82. The number of sulfone groups is 1. The lowest BCUT2D eigenvalue weighted by atomic mass is 10.0. The quantitative estimate of drug-likeness (QED) is 0.704. The average molecular weight is 251 g/mol. The highest BCUT2D eigenvalue weighted by Crippen LogP contribution is 2.28. The molecule has 17 heavy (non-hydrogen) atoms. The third-order valence-electron chi connectivity index (χ3n) is 2.54. The molecule has 0 aromatic heterocycles. The van der Waals surface area contributed by atoms with Crippen LogP contribution in [-0.4, -0.2) is 33.2 Å². The Morgan fingerprint density at radius 1 is 1.24 bits per heavy atom. The smallest absolute Gasteiger partial charge is 0.206 e. The van der Waals surface area contributed by atoms with E-state index in [2.05, 4.69) is 0 Å². The van der Waals surface area contributed by atoms with Crippen LogP contribution < -0.4 is 0 Å². The fraction of sp³-hybridized carbons (Fsp3) is 0.250. The minimum Gasteiger partial charge on any atom is -0.382 e. The van der Waals surface area contributed by atoms with Gasteiger partial charge in [-0.15, -0.1) is 0 Å². The van der Waals surface area contributed by atoms with Gasteiger partial charge >= 0.3 is 0 Å². The largest absolute Gasteiger partial charge is 0.382 e. The second-order valence-corrected chi connectivity index (χ2v) is 6.16. The van der Waals surface area contributed by atoms with Crippen LogP contribution in [0.5, 0.6) is 0 Å². The van der Waals surface area contributed by atoms with Crippen molar-refractivity contribution in [3.63, 3.8) is 0 Å². The summed E-state index contributed by atoms with van der Waals surface area (Å²) < 4.78 is 23.9. The summed E-state index contributed by atoms with van der Waals surface area (Å²) in [7, 11) is -0.130. The molecule has 1 heterocycles. The summed E-state index contributed by atoms with van der Waals surface area (Å²) >= 11 is 0. The molecule has 0 aliphatic carbocycles. The molecular weight excluding hydrogens is 238 g/mol. The molecule has 2 rings (SSSR count). The fourth-order valence-corrected chi connectivity index (χ4v) is 3.38. The van der Waals surface area contributed by atoms with E-state index in [1.165, 1.54) is 6.20 Å². The molecule has 1 aromatic carbocycles. The topological polar surface area (TPSA) is 54.5 Å². The Balaban J connectivity index is 2.64. The third-order valence-corrected chi connectivity index (χ3v) is 4.19. The minimum absolute atomic E-state index is 0.103. The standard InChI is InChI=1S/C12H13NO3S/c1-13(2)7-11-12(14)10-6-4-3-5-9(10)8-17(11,15)16/h3-7H,8H2,1-2H3. The van der Waals surface area contributed by atoms with Gasteiger partial charge in [-0.2, -0.15) is 0 Å². The van der Waals surface area contributed by atoms with Gasteiger partial charge in [-0.3, -0.25) is 4.79 Å². The van der Waals surface area contributed by atoms with Crippen molar-refractivity contribution in [2.45, 2.75) is 5.75 Å². The molecule has 1 aromatic rings. The molecule has 0 saturated carbocycles. The lowest BCUT2D eigenvalue weighted by molar-refractivity contribution is 0.103. The number of hydrogen-bond donors (Lipinski definition) is 0. The summed E-state index contributed by atoms with van der Waals surface area (Å²) in [5.41, 5.74) is 1.06. The van der Waals surface area contributed by atoms with Crippen LogP contribution in [0, 0.1) is 0 Å². The Morgan fingerprint density at radius 3 is 2.53 bits per heavy atom. The van der Waals surface area contributed by atoms with Gasteiger partial charge in [0.1, 0.15) is 4.91 Å². The van der Waals surface area contributed by atoms with Crippen LogP contribution in [0.3, 0.4) is 0 Å². The molecule has 0 unspecified atom stereocenters. The maximum absolute atomic E-state index is 12.1. The molecule has 1 aliphatic heterocycles. The van der Waals surface area contributed by atoms with E-state index in [0.717, 1.165) is 0 Å². The van der Waals surface area contributed by atoms with Crippen LogP contribution in [-0.2, 0) is 15.6 Å². The van der Waals surface area contributed by atoms with E-state index in [-0.39, 0.29) is 10.7 Å². The van der Waals surface area contributed by atoms with Crippen molar-refractivity contribution >= 4 is 15.6 Å². The minimum atomic E-state index is -3.51. The van der Waals surface area contributed by atoms with E-state index in [9.17, 15) is 13.2 Å². The van der Waals surface area contributed by atoms with Crippen molar-refractivity contribution in [1.82, 2.24) is 4.90 Å². The molecular formula is C12H13NO3S. The Kier molecular flexibility index (Phi) is 2.79. The zero-order valence-corrected chi connectivity index (χ0v) is 10.5. The number of ketones is 1. The molecule has 0 bridgehead atoms. The number of hydrogen-bond acceptors (Lipinski definition) is 4. The summed E-state index contributed by atoms with van der Waals surface area (Å²) in [6.07, 6.45) is 1.37. The van der Waals surface area contributed by atoms with E-state index in [4.69, 9.17) is 0 Å². The molecule has 0 fully saturated rings. The van der Waals surface area contributed by atoms with Gasteiger partial charge in [0.05, 0.1) is 5.75 Å². The van der Waals surface area contributed by atoms with Gasteiger partial charge in [-0.1, -0.05) is 24.3 Å². The number of carbonyl (C=O) groups is 1. The highest BCUT2D eigenvalue weighted by Gasteiger charge is 2.33. The lowest BCUT2D eigenvalue weighted by Gasteiger charge is -2.19. The van der Waals surface area contributed by atoms with Crippen LogP contribution in [0.4, 0.5) is 0 Å². The zero-order chi connectivity index (χ0) is 12.6. The molecule has 0 saturated heterocycles. The molecule has 0 radical (unpaired) electrons. The predicted octanol–water partition coefficient (Wildman–Crippen LogP) is 1.20. The summed E-state index contributed by atoms with van der Waals surface area (Å²) in [6.45, 7) is 0. The lowest BCUT2D eigenvalue weighted by Crippen LogP contribution is -2.25. The second-order valence-electron chi connectivity index (χ2n) is 4.20. The number of allylic oxidation sites excluding steroid dienone is 1. The molecule has 90 valence electrons. The first-order chi connectivity index (χ1) is 7.92. The highest BCUT2D eigenvalue weighted by molar-refractivity contribution is 7.95. The van der Waals surface area contributed by atoms with Crippen molar-refractivity contribution in [2.75, 3.05) is 14.1 Å². The number of Topliss-reactive ketones (excluding diaryl/α,β-unsaturated/α-hetero) is 1. The zero-order valence-electron chi connectivity index (χ0n) is 9.67. The van der Waals surface area contributed by atoms with E-state index in [1.807, 2.05) is 0 Å². The first-order valence-electron chi connectivity index (χ1n) is 5.15. The normalized spacial score (nSPS) is 20.1. The fourth-order valence-electron chi connectivity index (χ4n) is 1.80. The SMILES string of the molecule is CN(C)C=C1C(=O)c2ccccc2CS1(=O)=O. The van der Waals surface area contributed by atoms with Gasteiger partial charge in [0.15, 0.2) is 9.84 Å². The maximum Gasteiger partial charge on any atom is 0.206 e. The highest BCUT2D eigenvalue weighted by atomic mass is 32.2. The second kappa shape index (κ2) is 4.00. The van der Waals surface area contributed by atoms with E-state index in [0.29, 0.717) is 11.1 Å². The van der Waals surface area contributed by atoms with Crippen molar-refractivity contribution in [3.05, 3.63) is 46.5 Å². The van der Waals surface area contributed by atoms with Gasteiger partial charge < -0.3 is 4.90 Å². The Labute approximate surface area is 100 Å². The predicted molar refractivity (Wildman–Crippen MR) is 65.2 cm³/mol. The molecule has 4 nitrogen and oxygen atoms in total. The Hall–Kier alpha value is -1.62. The molecule has 5 heteroatoms. The van der Waals surface area contributed by atoms with Crippen molar-refractivity contribution in [3.8, 4) is 0 Å². The van der Waals surface area contributed by atoms with Crippen LogP contribution in [0.2, 0.25) is 0 Å². The van der Waals surface area contributed by atoms with Gasteiger partial charge in [0, 0.05) is 25.9 Å². The molecule has 0 atom stereocenters. The summed E-state index contributed by atoms with van der Waals surface area (Å²) in [5.74, 6) is -0.519. The van der Waals surface area contributed by atoms with Gasteiger partial charge in [-0.05, 0) is 5.56 Å². The molecule has 1 aliphatic rings. The Morgan fingerprint density at radius 2 is 1.88 bits per heavy atom. The van der Waals surface area contributed by atoms with E-state index < -0.39 is 15.6 Å². The van der Waals surface area contributed by atoms with Gasteiger partial charge in [0.2, 0.25) is 5.78 Å². The molecule has 0 amide bonds. The number of nitrogens with zero attached hydrogens (tertiary/aromatic N) is 1. The van der Waals surface area contributed by atoms with Crippen LogP contribution in [0.25, 0.3) is 0 Å². The van der Waals surface area contributed by atoms with Crippen molar-refractivity contribution in [1.29, 1.82) is 0 Å². The number of benzene rings is 1. The number of rotatable bonds is 1. The van der Waals surface area contributed by atoms with Crippen LogP contribution in [0.1, 0.15) is 15.9 Å². The average Bonchev–Trinajstić information content (AvgIpc) is 2.23. The van der Waals surface area contributed by atoms with Gasteiger partial charge in [-0.25, -0.2) is 8.42 Å². The third kappa shape index (κ3) is 2.10. The van der Waals surface area contributed by atoms with E-state index >= 15 is 0 Å². The molecule has 0 N–H and O–H groups in total. The summed E-state index contributed by atoms with van der Waals surface area (Å²) in [5, 5.41) is 0. The number of carbonyl (C=O) groups excluding carboxylic acids is 1. The van der Waals surface area contributed by atoms with E-state index in [1.54, 1.807) is 43.3 Å². The van der Waals surface area contributed by atoms with Crippen LogP contribution >= 0.6 is 0 Å².